The number of aliphatic hydroxyl groups excluding tert-OH is 1. The van der Waals surface area contributed by atoms with E-state index in [1.54, 1.807) is 0 Å². The van der Waals surface area contributed by atoms with E-state index >= 15 is 0 Å². The maximum Gasteiger partial charge on any atom is 0.417 e. The molecule has 2 N–H and O–H groups in total. The minimum atomic E-state index is -4.66. The summed E-state index contributed by atoms with van der Waals surface area (Å²) in [6.07, 6.45) is -4.66. The van der Waals surface area contributed by atoms with Gasteiger partial charge in [-0.3, -0.25) is 0 Å². The van der Waals surface area contributed by atoms with Gasteiger partial charge in [0.15, 0.2) is 0 Å². The summed E-state index contributed by atoms with van der Waals surface area (Å²) in [4.78, 5) is -0.511. The Labute approximate surface area is 116 Å². The first kappa shape index (κ1) is 16.4. The van der Waals surface area contributed by atoms with Gasteiger partial charge in [0.1, 0.15) is 0 Å². The van der Waals surface area contributed by atoms with Crippen molar-refractivity contribution in [2.24, 2.45) is 0 Å². The summed E-state index contributed by atoms with van der Waals surface area (Å²) in [5, 5.41) is 8.76. The summed E-state index contributed by atoms with van der Waals surface area (Å²) in [7, 11) is -4.10. The molecule has 1 atom stereocenters. The number of rotatable bonds is 4. The first-order chi connectivity index (χ1) is 8.58. The van der Waals surface area contributed by atoms with Crippen LogP contribution in [-0.2, 0) is 16.2 Å². The number of alkyl halides is 3. The lowest BCUT2D eigenvalue weighted by molar-refractivity contribution is -0.138. The molecule has 1 rings (SSSR count). The minimum Gasteiger partial charge on any atom is -0.395 e. The maximum absolute atomic E-state index is 12.7. The van der Waals surface area contributed by atoms with Crippen molar-refractivity contribution in [3.63, 3.8) is 0 Å². The van der Waals surface area contributed by atoms with Crippen molar-refractivity contribution < 1.29 is 26.7 Å². The number of hydrogen-bond donors (Lipinski definition) is 2. The van der Waals surface area contributed by atoms with Crippen molar-refractivity contribution in [3.05, 3.63) is 28.2 Å². The van der Waals surface area contributed by atoms with E-state index in [0.717, 1.165) is 12.1 Å². The topological polar surface area (TPSA) is 66.4 Å². The van der Waals surface area contributed by atoms with E-state index in [1.807, 2.05) is 0 Å². The fourth-order valence-electron chi connectivity index (χ4n) is 1.26. The third-order valence-electron chi connectivity index (χ3n) is 2.18. The number of benzene rings is 1. The number of hydrogen-bond acceptors (Lipinski definition) is 3. The maximum atomic E-state index is 12.7. The van der Waals surface area contributed by atoms with Crippen LogP contribution < -0.4 is 4.72 Å². The molecule has 0 unspecified atom stereocenters. The van der Waals surface area contributed by atoms with Gasteiger partial charge in [-0.2, -0.15) is 13.2 Å². The third-order valence-corrected chi connectivity index (χ3v) is 4.46. The number of sulfonamides is 1. The van der Waals surface area contributed by atoms with Crippen LogP contribution in [0, 0.1) is 0 Å². The largest absolute Gasteiger partial charge is 0.417 e. The Hall–Kier alpha value is -0.640. The van der Waals surface area contributed by atoms with Crippen LogP contribution in [-0.4, -0.2) is 26.2 Å². The normalized spacial score (nSPS) is 14.4. The van der Waals surface area contributed by atoms with Crippen LogP contribution >= 0.6 is 15.9 Å². The lowest BCUT2D eigenvalue weighted by atomic mass is 10.2. The van der Waals surface area contributed by atoms with Crippen LogP contribution in [0.25, 0.3) is 0 Å². The fourth-order valence-corrected chi connectivity index (χ4v) is 2.99. The average molecular weight is 362 g/mol. The predicted molar refractivity (Wildman–Crippen MR) is 66.0 cm³/mol. The van der Waals surface area contributed by atoms with Crippen molar-refractivity contribution >= 4 is 26.0 Å². The molecule has 0 bridgehead atoms. The molecular formula is C10H11BrF3NO3S. The Morgan fingerprint density at radius 2 is 2.00 bits per heavy atom. The van der Waals surface area contributed by atoms with Crippen molar-refractivity contribution in [3.8, 4) is 0 Å². The SMILES string of the molecule is C[C@H](CO)NS(=O)(=O)c1ccc(Br)c(C(F)(F)F)c1. The molecule has 0 heterocycles. The highest BCUT2D eigenvalue weighted by Gasteiger charge is 2.34. The molecule has 9 heteroatoms. The monoisotopic (exact) mass is 361 g/mol. The molecule has 0 amide bonds. The summed E-state index contributed by atoms with van der Waals surface area (Å²) in [5.41, 5.74) is -1.08. The van der Waals surface area contributed by atoms with Gasteiger partial charge in [0.25, 0.3) is 0 Å². The molecule has 0 radical (unpaired) electrons. The first-order valence-corrected chi connectivity index (χ1v) is 7.35. The molecule has 0 aliphatic rings. The van der Waals surface area contributed by atoms with Crippen LogP contribution in [0.1, 0.15) is 12.5 Å². The second kappa shape index (κ2) is 5.78. The summed E-state index contributed by atoms with van der Waals surface area (Å²) < 4.78 is 63.4. The van der Waals surface area contributed by atoms with Gasteiger partial charge in [-0.05, 0) is 25.1 Å². The Morgan fingerprint density at radius 1 is 1.42 bits per heavy atom. The van der Waals surface area contributed by atoms with Crippen molar-refractivity contribution in [1.29, 1.82) is 0 Å². The van der Waals surface area contributed by atoms with Crippen molar-refractivity contribution in [1.82, 2.24) is 4.72 Å². The zero-order valence-corrected chi connectivity index (χ0v) is 12.1. The smallest absolute Gasteiger partial charge is 0.395 e. The van der Waals surface area contributed by atoms with Gasteiger partial charge in [-0.15, -0.1) is 0 Å². The predicted octanol–water partition coefficient (Wildman–Crippen LogP) is 2.13. The van der Waals surface area contributed by atoms with Gasteiger partial charge in [0.05, 0.1) is 17.1 Å². The Balaban J connectivity index is 3.23. The van der Waals surface area contributed by atoms with E-state index in [1.165, 1.54) is 6.92 Å². The molecule has 1 aromatic carbocycles. The summed E-state index contributed by atoms with van der Waals surface area (Å²) in [6, 6.07) is 1.81. The lowest BCUT2D eigenvalue weighted by Gasteiger charge is -2.14. The van der Waals surface area contributed by atoms with Gasteiger partial charge in [-0.1, -0.05) is 15.9 Å². The standard InChI is InChI=1S/C10H11BrF3NO3S/c1-6(5-16)15-19(17,18)7-2-3-9(11)8(4-7)10(12,13)14/h2-4,6,15-16H,5H2,1H3/t6-/m1/s1. The highest BCUT2D eigenvalue weighted by molar-refractivity contribution is 9.10. The van der Waals surface area contributed by atoms with E-state index in [2.05, 4.69) is 20.7 Å². The Bertz CT molecular complexity index is 560. The molecule has 0 saturated heterocycles. The quantitative estimate of drug-likeness (QED) is 0.863. The number of aliphatic hydroxyl groups is 1. The van der Waals surface area contributed by atoms with Crippen LogP contribution in [0.15, 0.2) is 27.6 Å². The molecule has 0 saturated carbocycles. The molecular weight excluding hydrogens is 351 g/mol. The summed E-state index contributed by atoms with van der Waals surface area (Å²) in [6.45, 7) is 0.933. The van der Waals surface area contributed by atoms with Crippen LogP contribution in [0.5, 0.6) is 0 Å². The molecule has 0 aromatic heterocycles. The van der Waals surface area contributed by atoms with Gasteiger partial charge in [0.2, 0.25) is 10.0 Å². The van der Waals surface area contributed by atoms with Gasteiger partial charge < -0.3 is 5.11 Å². The second-order valence-corrected chi connectivity index (χ2v) is 6.41. The van der Waals surface area contributed by atoms with Crippen molar-refractivity contribution in [2.75, 3.05) is 6.61 Å². The fraction of sp³-hybridized carbons (Fsp3) is 0.400. The van der Waals surface area contributed by atoms with Crippen LogP contribution in [0.3, 0.4) is 0 Å². The van der Waals surface area contributed by atoms with Gasteiger partial charge >= 0.3 is 6.18 Å². The molecule has 0 fully saturated rings. The first-order valence-electron chi connectivity index (χ1n) is 5.08. The van der Waals surface area contributed by atoms with E-state index in [-0.39, 0.29) is 4.47 Å². The van der Waals surface area contributed by atoms with E-state index in [0.29, 0.717) is 6.07 Å². The molecule has 4 nitrogen and oxygen atoms in total. The number of nitrogens with one attached hydrogen (secondary N) is 1. The Morgan fingerprint density at radius 3 is 2.47 bits per heavy atom. The zero-order valence-electron chi connectivity index (χ0n) is 9.70. The van der Waals surface area contributed by atoms with E-state index in [9.17, 15) is 21.6 Å². The molecule has 1 aromatic rings. The van der Waals surface area contributed by atoms with Gasteiger partial charge in [0, 0.05) is 10.5 Å². The van der Waals surface area contributed by atoms with Crippen LogP contribution in [0.2, 0.25) is 0 Å². The van der Waals surface area contributed by atoms with Gasteiger partial charge in [-0.25, -0.2) is 13.1 Å². The minimum absolute atomic E-state index is 0.242. The Kier molecular flexibility index (Phi) is 4.99. The molecule has 19 heavy (non-hydrogen) atoms. The average Bonchev–Trinajstić information content (AvgIpc) is 2.26. The summed E-state index contributed by atoms with van der Waals surface area (Å²) >= 11 is 2.72. The lowest BCUT2D eigenvalue weighted by Crippen LogP contribution is -2.35. The molecule has 0 spiro atoms. The van der Waals surface area contributed by atoms with E-state index < -0.39 is 39.3 Å². The third kappa shape index (κ3) is 4.16. The zero-order chi connectivity index (χ0) is 14.8. The summed E-state index contributed by atoms with van der Waals surface area (Å²) in [5.74, 6) is 0. The van der Waals surface area contributed by atoms with Crippen LogP contribution in [0.4, 0.5) is 13.2 Å². The molecule has 0 aliphatic carbocycles. The highest BCUT2D eigenvalue weighted by atomic mass is 79.9. The van der Waals surface area contributed by atoms with Crippen molar-refractivity contribution in [2.45, 2.75) is 24.0 Å². The molecule has 0 aliphatic heterocycles. The number of halogens is 4. The molecule has 108 valence electrons. The van der Waals surface area contributed by atoms with E-state index in [4.69, 9.17) is 5.11 Å². The second-order valence-electron chi connectivity index (χ2n) is 3.84. The highest BCUT2D eigenvalue weighted by Crippen LogP contribution is 2.36.